The standard InChI is InChI=1S/C24H33N3O4/c1-17-9-8-14-27(17)23(29)18(2)25-22(28)13-6-4-3-5-10-19-11-7-12-20-15-26(24(30)31)16-21(19)20/h5,7,10-12,17-18H,3-4,6,8-9,13-16H2,1-2H3,(H,25,28)(H,30,31). The summed E-state index contributed by atoms with van der Waals surface area (Å²) in [6.07, 6.45) is 8.20. The fourth-order valence-electron chi connectivity index (χ4n) is 4.38. The first-order valence-corrected chi connectivity index (χ1v) is 11.2. The maximum Gasteiger partial charge on any atom is 0.407 e. The van der Waals surface area contributed by atoms with Gasteiger partial charge < -0.3 is 15.3 Å². The Kier molecular flexibility index (Phi) is 7.71. The molecule has 168 valence electrons. The summed E-state index contributed by atoms with van der Waals surface area (Å²) >= 11 is 0. The molecule has 31 heavy (non-hydrogen) atoms. The number of carbonyl (C=O) groups excluding carboxylic acids is 2. The lowest BCUT2D eigenvalue weighted by Crippen LogP contribution is -2.47. The third-order valence-corrected chi connectivity index (χ3v) is 6.20. The number of likely N-dealkylation sites (tertiary alicyclic amines) is 1. The molecule has 2 N–H and O–H groups in total. The molecule has 1 fully saturated rings. The molecule has 0 spiro atoms. The highest BCUT2D eigenvalue weighted by Crippen LogP contribution is 2.27. The van der Waals surface area contributed by atoms with Gasteiger partial charge >= 0.3 is 6.09 Å². The molecule has 3 amide bonds. The SMILES string of the molecule is CC(NC(=O)CCCCC=Cc1cccc2c1CN(C(=O)O)C2)C(=O)N1CCCC1C. The molecule has 1 aromatic rings. The average molecular weight is 428 g/mol. The third-order valence-electron chi connectivity index (χ3n) is 6.20. The highest BCUT2D eigenvalue weighted by molar-refractivity contribution is 5.87. The first-order valence-electron chi connectivity index (χ1n) is 11.2. The number of nitrogens with one attached hydrogen (secondary N) is 1. The van der Waals surface area contributed by atoms with Crippen molar-refractivity contribution in [3.05, 3.63) is 41.0 Å². The molecule has 0 radical (unpaired) electrons. The number of benzene rings is 1. The molecule has 0 aromatic heterocycles. The number of nitrogens with zero attached hydrogens (tertiary/aromatic N) is 2. The quantitative estimate of drug-likeness (QED) is 0.618. The van der Waals surface area contributed by atoms with Gasteiger partial charge in [0.25, 0.3) is 0 Å². The molecular formula is C24H33N3O4. The van der Waals surface area contributed by atoms with Crippen LogP contribution >= 0.6 is 0 Å². The summed E-state index contributed by atoms with van der Waals surface area (Å²) in [6, 6.07) is 5.73. The maximum absolute atomic E-state index is 12.4. The van der Waals surface area contributed by atoms with Crippen molar-refractivity contribution in [2.24, 2.45) is 0 Å². The highest BCUT2D eigenvalue weighted by atomic mass is 16.4. The van der Waals surface area contributed by atoms with E-state index in [0.717, 1.165) is 55.3 Å². The van der Waals surface area contributed by atoms with E-state index in [1.54, 1.807) is 6.92 Å². The summed E-state index contributed by atoms with van der Waals surface area (Å²) < 4.78 is 0. The topological polar surface area (TPSA) is 90.0 Å². The lowest BCUT2D eigenvalue weighted by molar-refractivity contribution is -0.136. The molecule has 2 aliphatic heterocycles. The van der Waals surface area contributed by atoms with E-state index in [4.69, 9.17) is 0 Å². The van der Waals surface area contributed by atoms with Gasteiger partial charge in [-0.3, -0.25) is 14.5 Å². The third kappa shape index (κ3) is 5.87. The number of carbonyl (C=O) groups is 3. The number of hydrogen-bond donors (Lipinski definition) is 2. The predicted molar refractivity (Wildman–Crippen MR) is 119 cm³/mol. The molecule has 0 aliphatic carbocycles. The Hall–Kier alpha value is -2.83. The minimum atomic E-state index is -0.893. The molecule has 2 unspecified atom stereocenters. The summed E-state index contributed by atoms with van der Waals surface area (Å²) in [4.78, 5) is 39.1. The zero-order valence-electron chi connectivity index (χ0n) is 18.5. The van der Waals surface area contributed by atoms with E-state index in [0.29, 0.717) is 19.5 Å². The van der Waals surface area contributed by atoms with Crippen molar-refractivity contribution in [3.8, 4) is 0 Å². The Bertz CT molecular complexity index is 851. The van der Waals surface area contributed by atoms with Crippen molar-refractivity contribution in [2.45, 2.75) is 77.5 Å². The van der Waals surface area contributed by atoms with Crippen molar-refractivity contribution < 1.29 is 19.5 Å². The van der Waals surface area contributed by atoms with Crippen LogP contribution < -0.4 is 5.32 Å². The number of carboxylic acid groups (broad SMARTS) is 1. The van der Waals surface area contributed by atoms with Crippen LogP contribution in [0, 0.1) is 0 Å². The number of fused-ring (bicyclic) bond motifs is 1. The van der Waals surface area contributed by atoms with Gasteiger partial charge in [0.2, 0.25) is 11.8 Å². The zero-order valence-corrected chi connectivity index (χ0v) is 18.5. The van der Waals surface area contributed by atoms with Gasteiger partial charge in [-0.1, -0.05) is 30.4 Å². The monoisotopic (exact) mass is 427 g/mol. The van der Waals surface area contributed by atoms with Gasteiger partial charge in [-0.15, -0.1) is 0 Å². The average Bonchev–Trinajstić information content (AvgIpc) is 3.36. The van der Waals surface area contributed by atoms with Gasteiger partial charge in [0.05, 0.1) is 6.54 Å². The molecular weight excluding hydrogens is 394 g/mol. The molecule has 2 heterocycles. The van der Waals surface area contributed by atoms with Crippen molar-refractivity contribution in [3.63, 3.8) is 0 Å². The van der Waals surface area contributed by atoms with Crippen LogP contribution in [0.2, 0.25) is 0 Å². The van der Waals surface area contributed by atoms with Crippen LogP contribution in [-0.4, -0.2) is 51.4 Å². The van der Waals surface area contributed by atoms with Gasteiger partial charge in [0.1, 0.15) is 6.04 Å². The molecule has 1 aromatic carbocycles. The number of allylic oxidation sites excluding steroid dienone is 1. The second-order valence-corrected chi connectivity index (χ2v) is 8.58. The molecule has 0 saturated carbocycles. The van der Waals surface area contributed by atoms with Crippen LogP contribution in [0.15, 0.2) is 24.3 Å². The zero-order chi connectivity index (χ0) is 22.4. The second kappa shape index (κ2) is 10.5. The lowest BCUT2D eigenvalue weighted by atomic mass is 10.0. The highest BCUT2D eigenvalue weighted by Gasteiger charge is 2.29. The molecule has 1 saturated heterocycles. The number of unbranched alkanes of at least 4 members (excludes halogenated alkanes) is 2. The minimum Gasteiger partial charge on any atom is -0.465 e. The molecule has 2 aliphatic rings. The van der Waals surface area contributed by atoms with Crippen LogP contribution in [-0.2, 0) is 22.7 Å². The van der Waals surface area contributed by atoms with E-state index in [9.17, 15) is 19.5 Å². The molecule has 3 rings (SSSR count). The molecule has 0 bridgehead atoms. The van der Waals surface area contributed by atoms with Crippen LogP contribution in [0.4, 0.5) is 4.79 Å². The first kappa shape index (κ1) is 22.8. The van der Waals surface area contributed by atoms with Crippen LogP contribution in [0.3, 0.4) is 0 Å². The van der Waals surface area contributed by atoms with E-state index < -0.39 is 12.1 Å². The number of rotatable bonds is 8. The van der Waals surface area contributed by atoms with Gasteiger partial charge in [-0.2, -0.15) is 0 Å². The van der Waals surface area contributed by atoms with E-state index in [1.165, 1.54) is 4.90 Å². The number of hydrogen-bond acceptors (Lipinski definition) is 3. The Morgan fingerprint density at radius 3 is 2.77 bits per heavy atom. The van der Waals surface area contributed by atoms with E-state index in [1.807, 2.05) is 29.2 Å². The largest absolute Gasteiger partial charge is 0.465 e. The van der Waals surface area contributed by atoms with E-state index in [2.05, 4.69) is 18.3 Å². The maximum atomic E-state index is 12.4. The van der Waals surface area contributed by atoms with Gasteiger partial charge in [0.15, 0.2) is 0 Å². The fraction of sp³-hybridized carbons (Fsp3) is 0.542. The summed E-state index contributed by atoms with van der Waals surface area (Å²) in [5.74, 6) is -0.0653. The minimum absolute atomic E-state index is 0.0122. The number of amides is 3. The summed E-state index contributed by atoms with van der Waals surface area (Å²) in [5.41, 5.74) is 3.20. The predicted octanol–water partition coefficient (Wildman–Crippen LogP) is 3.77. The smallest absolute Gasteiger partial charge is 0.407 e. The lowest BCUT2D eigenvalue weighted by Gasteiger charge is -2.25. The summed E-state index contributed by atoms with van der Waals surface area (Å²) in [6.45, 7) is 5.47. The second-order valence-electron chi connectivity index (χ2n) is 8.58. The normalized spacial score (nSPS) is 19.0. The van der Waals surface area contributed by atoms with Crippen molar-refractivity contribution in [2.75, 3.05) is 6.54 Å². The molecule has 7 nitrogen and oxygen atoms in total. The van der Waals surface area contributed by atoms with Gasteiger partial charge in [-0.25, -0.2) is 4.79 Å². The van der Waals surface area contributed by atoms with Crippen LogP contribution in [0.1, 0.15) is 69.1 Å². The van der Waals surface area contributed by atoms with Crippen LogP contribution in [0.25, 0.3) is 6.08 Å². The Labute approximate surface area is 184 Å². The van der Waals surface area contributed by atoms with Gasteiger partial charge in [-0.05, 0) is 62.6 Å². The van der Waals surface area contributed by atoms with Gasteiger partial charge in [0, 0.05) is 25.6 Å². The van der Waals surface area contributed by atoms with E-state index >= 15 is 0 Å². The van der Waals surface area contributed by atoms with Crippen LogP contribution in [0.5, 0.6) is 0 Å². The van der Waals surface area contributed by atoms with E-state index in [-0.39, 0.29) is 17.9 Å². The Morgan fingerprint density at radius 2 is 2.06 bits per heavy atom. The fourth-order valence-corrected chi connectivity index (χ4v) is 4.38. The van der Waals surface area contributed by atoms with Crippen molar-refractivity contribution in [1.29, 1.82) is 0 Å². The van der Waals surface area contributed by atoms with Crippen molar-refractivity contribution >= 4 is 24.0 Å². The van der Waals surface area contributed by atoms with Crippen molar-refractivity contribution in [1.82, 2.24) is 15.1 Å². The Balaban J connectivity index is 1.37. The summed E-state index contributed by atoms with van der Waals surface area (Å²) in [7, 11) is 0. The Morgan fingerprint density at radius 1 is 1.26 bits per heavy atom. The first-order chi connectivity index (χ1) is 14.9. The molecule has 2 atom stereocenters. The summed E-state index contributed by atoms with van der Waals surface area (Å²) in [5, 5.41) is 12.0. The molecule has 7 heteroatoms.